The van der Waals surface area contributed by atoms with Gasteiger partial charge in [0.05, 0.1) is 12.3 Å². The SMILES string of the molecule is CCSCC(=O)N1C[C@@H]2C[C@H](C1)c1ccc(CN3CC(=O)N[C@H](C)C3)c(=O)n1C2. The lowest BCUT2D eigenvalue weighted by atomic mass is 9.83. The fraction of sp³-hybridized carbons (Fsp3) is 0.667. The molecule has 3 aliphatic heterocycles. The highest BCUT2D eigenvalue weighted by molar-refractivity contribution is 7.99. The van der Waals surface area contributed by atoms with Crippen molar-refractivity contribution in [1.29, 1.82) is 0 Å². The molecule has 0 unspecified atom stereocenters. The lowest BCUT2D eigenvalue weighted by Gasteiger charge is -2.43. The van der Waals surface area contributed by atoms with Crippen molar-refractivity contribution in [1.82, 2.24) is 19.7 Å². The second-order valence-corrected chi connectivity index (χ2v) is 9.85. The fourth-order valence-corrected chi connectivity index (χ4v) is 5.54. The van der Waals surface area contributed by atoms with Crippen molar-refractivity contribution < 1.29 is 9.59 Å². The van der Waals surface area contributed by atoms with E-state index >= 15 is 0 Å². The van der Waals surface area contributed by atoms with Crippen LogP contribution in [0.5, 0.6) is 0 Å². The Bertz CT molecular complexity index is 855. The fourth-order valence-electron chi connectivity index (χ4n) is 4.98. The molecule has 1 aromatic heterocycles. The Hall–Kier alpha value is -1.80. The molecule has 2 bridgehead atoms. The summed E-state index contributed by atoms with van der Waals surface area (Å²) in [6, 6.07) is 4.10. The maximum absolute atomic E-state index is 13.2. The third-order valence-corrected chi connectivity index (χ3v) is 7.03. The Morgan fingerprint density at radius 2 is 2.03 bits per heavy atom. The van der Waals surface area contributed by atoms with E-state index in [0.29, 0.717) is 37.8 Å². The molecule has 2 amide bonds. The van der Waals surface area contributed by atoms with Gasteiger partial charge in [-0.3, -0.25) is 19.3 Å². The van der Waals surface area contributed by atoms with Crippen LogP contribution in [0.2, 0.25) is 0 Å². The molecule has 1 aromatic rings. The number of nitrogens with zero attached hydrogens (tertiary/aromatic N) is 3. The zero-order chi connectivity index (χ0) is 20.5. The molecule has 0 aliphatic carbocycles. The molecule has 2 saturated heterocycles. The van der Waals surface area contributed by atoms with E-state index in [1.165, 1.54) is 0 Å². The molecule has 4 rings (SSSR count). The van der Waals surface area contributed by atoms with Gasteiger partial charge in [0.1, 0.15) is 0 Å². The summed E-state index contributed by atoms with van der Waals surface area (Å²) in [6.07, 6.45) is 1.05. The predicted octanol–water partition coefficient (Wildman–Crippen LogP) is 0.867. The number of carbonyl (C=O) groups is 2. The average Bonchev–Trinajstić information content (AvgIpc) is 2.67. The molecule has 3 atom stereocenters. The minimum atomic E-state index is 0.0161. The molecule has 1 N–H and O–H groups in total. The van der Waals surface area contributed by atoms with Gasteiger partial charge in [-0.1, -0.05) is 13.0 Å². The van der Waals surface area contributed by atoms with Crippen molar-refractivity contribution in [2.45, 2.75) is 45.3 Å². The number of hydrogen-bond acceptors (Lipinski definition) is 5. The summed E-state index contributed by atoms with van der Waals surface area (Å²) < 4.78 is 1.93. The molecule has 0 saturated carbocycles. The van der Waals surface area contributed by atoms with E-state index in [-0.39, 0.29) is 29.3 Å². The van der Waals surface area contributed by atoms with E-state index in [2.05, 4.69) is 18.3 Å². The molecule has 158 valence electrons. The van der Waals surface area contributed by atoms with Crippen molar-refractivity contribution in [2.24, 2.45) is 5.92 Å². The quantitative estimate of drug-likeness (QED) is 0.768. The zero-order valence-corrected chi connectivity index (χ0v) is 18.0. The summed E-state index contributed by atoms with van der Waals surface area (Å²) in [5.74, 6) is 2.30. The van der Waals surface area contributed by atoms with Gasteiger partial charge >= 0.3 is 0 Å². The van der Waals surface area contributed by atoms with Gasteiger partial charge in [0, 0.05) is 55.9 Å². The van der Waals surface area contributed by atoms with Crippen molar-refractivity contribution in [3.8, 4) is 0 Å². The highest BCUT2D eigenvalue weighted by atomic mass is 32.2. The van der Waals surface area contributed by atoms with Gasteiger partial charge in [-0.25, -0.2) is 0 Å². The van der Waals surface area contributed by atoms with Crippen LogP contribution in [-0.4, -0.2) is 69.9 Å². The van der Waals surface area contributed by atoms with E-state index in [0.717, 1.165) is 36.5 Å². The molecule has 2 fully saturated rings. The molecule has 4 heterocycles. The maximum atomic E-state index is 13.2. The molecule has 0 radical (unpaired) electrons. The zero-order valence-electron chi connectivity index (χ0n) is 17.2. The largest absolute Gasteiger partial charge is 0.351 e. The van der Waals surface area contributed by atoms with E-state index in [4.69, 9.17) is 0 Å². The number of likely N-dealkylation sites (tertiary alicyclic amines) is 1. The van der Waals surface area contributed by atoms with E-state index in [1.54, 1.807) is 11.8 Å². The molecule has 29 heavy (non-hydrogen) atoms. The number of nitrogens with one attached hydrogen (secondary N) is 1. The monoisotopic (exact) mass is 418 g/mol. The topological polar surface area (TPSA) is 74.7 Å². The molecule has 8 heteroatoms. The summed E-state index contributed by atoms with van der Waals surface area (Å²) >= 11 is 1.67. The second-order valence-electron chi connectivity index (χ2n) is 8.57. The number of carbonyl (C=O) groups excluding carboxylic acids is 2. The molecular weight excluding hydrogens is 388 g/mol. The first-order valence-electron chi connectivity index (χ1n) is 10.5. The maximum Gasteiger partial charge on any atom is 0.255 e. The molecule has 7 nitrogen and oxygen atoms in total. The average molecular weight is 419 g/mol. The molecule has 0 spiro atoms. The Balaban J connectivity index is 1.51. The third-order valence-electron chi connectivity index (χ3n) is 6.17. The number of rotatable bonds is 5. The Labute approximate surface area is 175 Å². The number of thioether (sulfide) groups is 1. The Kier molecular flexibility index (Phi) is 6.01. The van der Waals surface area contributed by atoms with Crippen molar-refractivity contribution in [3.05, 3.63) is 33.7 Å². The van der Waals surface area contributed by atoms with Gasteiger partial charge in [0.2, 0.25) is 11.8 Å². The van der Waals surface area contributed by atoms with Gasteiger partial charge in [0.25, 0.3) is 5.56 Å². The molecule has 3 aliphatic rings. The van der Waals surface area contributed by atoms with Crippen molar-refractivity contribution >= 4 is 23.6 Å². The number of aromatic nitrogens is 1. The lowest BCUT2D eigenvalue weighted by molar-refractivity contribution is -0.131. The van der Waals surface area contributed by atoms with Gasteiger partial charge in [-0.2, -0.15) is 11.8 Å². The first-order valence-corrected chi connectivity index (χ1v) is 11.7. The minimum absolute atomic E-state index is 0.0161. The summed E-state index contributed by atoms with van der Waals surface area (Å²) in [6.45, 7) is 7.79. The number of piperazine rings is 1. The van der Waals surface area contributed by atoms with Crippen molar-refractivity contribution in [3.63, 3.8) is 0 Å². The van der Waals surface area contributed by atoms with E-state index in [1.807, 2.05) is 27.4 Å². The number of piperidine rings is 1. The Morgan fingerprint density at radius 1 is 1.21 bits per heavy atom. The second kappa shape index (κ2) is 8.52. The van der Waals surface area contributed by atoms with Gasteiger partial charge in [0.15, 0.2) is 0 Å². The highest BCUT2D eigenvalue weighted by Crippen LogP contribution is 2.35. The lowest BCUT2D eigenvalue weighted by Crippen LogP contribution is -2.53. The van der Waals surface area contributed by atoms with Crippen LogP contribution in [0.3, 0.4) is 0 Å². The van der Waals surface area contributed by atoms with Gasteiger partial charge in [-0.15, -0.1) is 0 Å². The van der Waals surface area contributed by atoms with Crippen LogP contribution < -0.4 is 10.9 Å². The number of amides is 2. The predicted molar refractivity (Wildman–Crippen MR) is 114 cm³/mol. The van der Waals surface area contributed by atoms with E-state index < -0.39 is 0 Å². The smallest absolute Gasteiger partial charge is 0.255 e. The van der Waals surface area contributed by atoms with E-state index in [9.17, 15) is 14.4 Å². The number of fused-ring (bicyclic) bond motifs is 4. The summed E-state index contributed by atoms with van der Waals surface area (Å²) in [4.78, 5) is 41.5. The van der Waals surface area contributed by atoms with Crippen LogP contribution in [0.4, 0.5) is 0 Å². The van der Waals surface area contributed by atoms with Crippen LogP contribution >= 0.6 is 11.8 Å². The normalized spacial score (nSPS) is 26.8. The number of hydrogen-bond donors (Lipinski definition) is 1. The highest BCUT2D eigenvalue weighted by Gasteiger charge is 2.36. The van der Waals surface area contributed by atoms with Crippen LogP contribution in [0.1, 0.15) is 37.4 Å². The van der Waals surface area contributed by atoms with Gasteiger partial charge in [-0.05, 0) is 31.1 Å². The third kappa shape index (κ3) is 4.38. The van der Waals surface area contributed by atoms with Crippen LogP contribution in [0, 0.1) is 5.92 Å². The summed E-state index contributed by atoms with van der Waals surface area (Å²) in [7, 11) is 0. The van der Waals surface area contributed by atoms with Crippen LogP contribution in [0.15, 0.2) is 16.9 Å². The molecule has 0 aromatic carbocycles. The summed E-state index contributed by atoms with van der Waals surface area (Å²) in [5, 5.41) is 2.91. The Morgan fingerprint density at radius 3 is 2.79 bits per heavy atom. The van der Waals surface area contributed by atoms with Gasteiger partial charge < -0.3 is 14.8 Å². The standard InChI is InChI=1S/C21H30N4O3S/c1-3-29-13-20(27)24-8-15-6-17(11-24)18-5-4-16(21(28)25(18)9-15)10-23-7-14(2)22-19(26)12-23/h4-5,14-15,17H,3,6-13H2,1-2H3,(H,22,26)/t14-,15+,17-/m1/s1. The summed E-state index contributed by atoms with van der Waals surface area (Å²) in [5.41, 5.74) is 1.88. The number of pyridine rings is 1. The molecular formula is C21H30N4O3S. The van der Waals surface area contributed by atoms with Crippen LogP contribution in [-0.2, 0) is 22.7 Å². The van der Waals surface area contributed by atoms with Crippen LogP contribution in [0.25, 0.3) is 0 Å². The van der Waals surface area contributed by atoms with Crippen molar-refractivity contribution in [2.75, 3.05) is 37.7 Å². The minimum Gasteiger partial charge on any atom is -0.351 e. The first-order chi connectivity index (χ1) is 13.9. The first kappa shape index (κ1) is 20.5.